The van der Waals surface area contributed by atoms with Crippen LogP contribution in [0.2, 0.25) is 0 Å². The smallest absolute Gasteiger partial charge is 0.258 e. The molecule has 0 N–H and O–H groups in total. The van der Waals surface area contributed by atoms with E-state index in [1.54, 1.807) is 24.3 Å². The van der Waals surface area contributed by atoms with Crippen molar-refractivity contribution in [2.75, 3.05) is 0 Å². The molecule has 0 fully saturated rings. The van der Waals surface area contributed by atoms with Crippen molar-refractivity contribution in [1.29, 1.82) is 0 Å². The van der Waals surface area contributed by atoms with Gasteiger partial charge in [0.15, 0.2) is 0 Å². The van der Waals surface area contributed by atoms with Crippen molar-refractivity contribution in [3.8, 4) is 11.1 Å². The summed E-state index contributed by atoms with van der Waals surface area (Å²) >= 11 is 0. The van der Waals surface area contributed by atoms with E-state index in [9.17, 15) is 20.2 Å². The number of nitro groups is 2. The van der Waals surface area contributed by atoms with Gasteiger partial charge in [0.05, 0.1) is 9.85 Å². The lowest BCUT2D eigenvalue weighted by Crippen LogP contribution is -2.25. The van der Waals surface area contributed by atoms with Gasteiger partial charge in [0, 0.05) is 29.7 Å². The third-order valence-corrected chi connectivity index (χ3v) is 6.66. The van der Waals surface area contributed by atoms with E-state index in [1.165, 1.54) is 0 Å². The molecule has 31 heavy (non-hydrogen) atoms. The highest BCUT2D eigenvalue weighted by atomic mass is 16.6. The van der Waals surface area contributed by atoms with E-state index in [0.717, 1.165) is 86.5 Å². The number of non-ortho nitro benzene ring substituents is 2. The second kappa shape index (κ2) is 10.0. The van der Waals surface area contributed by atoms with Gasteiger partial charge in [0.25, 0.3) is 11.4 Å². The number of rotatable bonds is 12. The number of hydrogen-bond donors (Lipinski definition) is 0. The molecule has 1 aliphatic carbocycles. The predicted molar refractivity (Wildman–Crippen MR) is 123 cm³/mol. The van der Waals surface area contributed by atoms with E-state index in [0.29, 0.717) is 0 Å². The number of fused-ring (bicyclic) bond motifs is 3. The van der Waals surface area contributed by atoms with Crippen molar-refractivity contribution in [1.82, 2.24) is 0 Å². The Hall–Kier alpha value is -2.76. The van der Waals surface area contributed by atoms with Crippen molar-refractivity contribution < 1.29 is 9.85 Å². The second-order valence-electron chi connectivity index (χ2n) is 8.68. The average molecular weight is 425 g/mol. The maximum absolute atomic E-state index is 11.5. The number of nitrogens with zero attached hydrogens (tertiary/aromatic N) is 2. The third kappa shape index (κ3) is 4.63. The summed E-state index contributed by atoms with van der Waals surface area (Å²) in [4.78, 5) is 22.4. The molecule has 0 bridgehead atoms. The molecule has 0 atom stereocenters. The molecule has 0 amide bonds. The molecule has 2 aromatic carbocycles. The van der Waals surface area contributed by atoms with Crippen LogP contribution in [0.5, 0.6) is 0 Å². The summed E-state index contributed by atoms with van der Waals surface area (Å²) in [6, 6.07) is 10.2. The average Bonchev–Trinajstić information content (AvgIpc) is 3.03. The molecular formula is C25H32N2O4. The maximum Gasteiger partial charge on any atom is 0.269 e. The Bertz CT molecular complexity index is 877. The van der Waals surface area contributed by atoms with Gasteiger partial charge in [-0.3, -0.25) is 20.2 Å². The van der Waals surface area contributed by atoms with Crippen LogP contribution in [0.1, 0.15) is 89.2 Å². The zero-order valence-corrected chi connectivity index (χ0v) is 18.6. The van der Waals surface area contributed by atoms with Crippen LogP contribution in [-0.2, 0) is 5.41 Å². The fraction of sp³-hybridized carbons (Fsp3) is 0.520. The monoisotopic (exact) mass is 424 g/mol. The van der Waals surface area contributed by atoms with Crippen molar-refractivity contribution >= 4 is 11.4 Å². The summed E-state index contributed by atoms with van der Waals surface area (Å²) in [6.07, 6.45) is 10.5. The Morgan fingerprint density at radius 1 is 0.677 bits per heavy atom. The highest BCUT2D eigenvalue weighted by Crippen LogP contribution is 2.55. The maximum atomic E-state index is 11.5. The zero-order valence-electron chi connectivity index (χ0n) is 18.6. The Morgan fingerprint density at radius 3 is 1.45 bits per heavy atom. The molecule has 0 radical (unpaired) electrons. The molecule has 166 valence electrons. The van der Waals surface area contributed by atoms with Crippen molar-refractivity contribution in [3.05, 3.63) is 67.8 Å². The number of hydrogen-bond acceptors (Lipinski definition) is 4. The molecule has 0 saturated carbocycles. The van der Waals surface area contributed by atoms with Crippen LogP contribution in [0, 0.1) is 20.2 Å². The van der Waals surface area contributed by atoms with Gasteiger partial charge in [0.1, 0.15) is 0 Å². The number of unbranched alkanes of at least 4 members (excludes halogenated alkanes) is 6. The fourth-order valence-corrected chi connectivity index (χ4v) is 5.07. The summed E-state index contributed by atoms with van der Waals surface area (Å²) in [5.74, 6) is 0. The third-order valence-electron chi connectivity index (χ3n) is 6.66. The van der Waals surface area contributed by atoms with Crippen LogP contribution in [0.25, 0.3) is 11.1 Å². The first kappa shape index (κ1) is 22.9. The van der Waals surface area contributed by atoms with Crippen LogP contribution in [0.3, 0.4) is 0 Å². The zero-order chi connectivity index (χ0) is 22.4. The van der Waals surface area contributed by atoms with E-state index >= 15 is 0 Å². The molecule has 0 aliphatic heterocycles. The first-order valence-electron chi connectivity index (χ1n) is 11.5. The van der Waals surface area contributed by atoms with Crippen LogP contribution in [0.15, 0.2) is 36.4 Å². The molecule has 0 heterocycles. The van der Waals surface area contributed by atoms with Crippen molar-refractivity contribution in [3.63, 3.8) is 0 Å². The van der Waals surface area contributed by atoms with Gasteiger partial charge in [-0.1, -0.05) is 65.2 Å². The largest absolute Gasteiger partial charge is 0.269 e. The summed E-state index contributed by atoms with van der Waals surface area (Å²) in [7, 11) is 0. The normalized spacial score (nSPS) is 13.6. The minimum Gasteiger partial charge on any atom is -0.258 e. The molecular weight excluding hydrogens is 392 g/mol. The van der Waals surface area contributed by atoms with E-state index in [4.69, 9.17) is 0 Å². The molecule has 0 aromatic heterocycles. The van der Waals surface area contributed by atoms with Crippen LogP contribution < -0.4 is 0 Å². The Kier molecular flexibility index (Phi) is 7.42. The number of nitro benzene ring substituents is 2. The van der Waals surface area contributed by atoms with Gasteiger partial charge in [0.2, 0.25) is 0 Å². The van der Waals surface area contributed by atoms with Gasteiger partial charge in [-0.2, -0.15) is 0 Å². The number of benzene rings is 2. The minimum absolute atomic E-state index is 0.0903. The summed E-state index contributed by atoms with van der Waals surface area (Å²) in [5, 5.41) is 23.1. The highest BCUT2D eigenvalue weighted by Gasteiger charge is 2.43. The molecule has 0 spiro atoms. The van der Waals surface area contributed by atoms with Gasteiger partial charge in [-0.25, -0.2) is 0 Å². The van der Waals surface area contributed by atoms with Gasteiger partial charge < -0.3 is 0 Å². The molecule has 0 saturated heterocycles. The van der Waals surface area contributed by atoms with Crippen molar-refractivity contribution in [2.45, 2.75) is 83.5 Å². The van der Waals surface area contributed by atoms with Gasteiger partial charge in [-0.15, -0.1) is 0 Å². The first-order valence-corrected chi connectivity index (χ1v) is 11.5. The van der Waals surface area contributed by atoms with Gasteiger partial charge in [-0.05, 0) is 47.2 Å². The lowest BCUT2D eigenvalue weighted by atomic mass is 9.70. The van der Waals surface area contributed by atoms with Crippen LogP contribution in [-0.4, -0.2) is 9.85 Å². The van der Waals surface area contributed by atoms with Crippen LogP contribution in [0.4, 0.5) is 11.4 Å². The lowest BCUT2D eigenvalue weighted by molar-refractivity contribution is -0.385. The summed E-state index contributed by atoms with van der Waals surface area (Å²) < 4.78 is 0. The second-order valence-corrected chi connectivity index (χ2v) is 8.68. The predicted octanol–water partition coefficient (Wildman–Crippen LogP) is 7.71. The molecule has 0 unspecified atom stereocenters. The lowest BCUT2D eigenvalue weighted by Gasteiger charge is -2.32. The molecule has 6 heteroatoms. The molecule has 6 nitrogen and oxygen atoms in total. The Balaban J connectivity index is 2.14. The van der Waals surface area contributed by atoms with E-state index in [1.807, 2.05) is 12.1 Å². The SMILES string of the molecule is CCCCCCC1(CCCCCC)c2cc([N+](=O)[O-])ccc2-c2ccc([N+](=O)[O-])cc21. The molecule has 1 aliphatic rings. The minimum atomic E-state index is -0.399. The summed E-state index contributed by atoms with van der Waals surface area (Å²) in [6.45, 7) is 4.35. The van der Waals surface area contributed by atoms with Crippen molar-refractivity contribution in [2.24, 2.45) is 0 Å². The summed E-state index contributed by atoms with van der Waals surface area (Å²) in [5.41, 5.74) is 3.71. The van der Waals surface area contributed by atoms with E-state index < -0.39 is 5.41 Å². The Labute approximate surface area is 184 Å². The topological polar surface area (TPSA) is 86.3 Å². The van der Waals surface area contributed by atoms with E-state index in [-0.39, 0.29) is 21.2 Å². The van der Waals surface area contributed by atoms with Gasteiger partial charge >= 0.3 is 0 Å². The van der Waals surface area contributed by atoms with Crippen LogP contribution >= 0.6 is 0 Å². The van der Waals surface area contributed by atoms with E-state index in [2.05, 4.69) is 13.8 Å². The molecule has 3 rings (SSSR count). The fourth-order valence-electron chi connectivity index (χ4n) is 5.07. The quantitative estimate of drug-likeness (QED) is 0.198. The first-order chi connectivity index (χ1) is 14.9. The standard InChI is InChI=1S/C25H32N2O4/c1-3-5-7-9-15-25(16-10-8-6-4-2)23-17-19(26(28)29)11-13-21(23)22-14-12-20(27(30)31)18-24(22)25/h11-14,17-18H,3-10,15-16H2,1-2H3. The molecule has 2 aromatic rings. The highest BCUT2D eigenvalue weighted by molar-refractivity contribution is 5.83. The Morgan fingerprint density at radius 2 is 1.10 bits per heavy atom.